The molecular formula is C18H25N3O2. The largest absolute Gasteiger partial charge is 0.494 e. The van der Waals surface area contributed by atoms with Crippen molar-refractivity contribution in [1.29, 1.82) is 0 Å². The van der Waals surface area contributed by atoms with Crippen LogP contribution < -0.4 is 15.4 Å². The molecule has 2 N–H and O–H groups in total. The second kappa shape index (κ2) is 9.56. The first-order valence-electron chi connectivity index (χ1n) is 8.00. The highest BCUT2D eigenvalue weighted by molar-refractivity contribution is 5.79. The highest BCUT2D eigenvalue weighted by Gasteiger charge is 2.01. The van der Waals surface area contributed by atoms with Gasteiger partial charge in [-0.25, -0.2) is 0 Å². The van der Waals surface area contributed by atoms with Gasteiger partial charge in [-0.1, -0.05) is 12.1 Å². The summed E-state index contributed by atoms with van der Waals surface area (Å²) >= 11 is 0. The van der Waals surface area contributed by atoms with Crippen LogP contribution in [0.2, 0.25) is 0 Å². The number of aliphatic imine (C=N–C) groups is 1. The Morgan fingerprint density at radius 1 is 1.13 bits per heavy atom. The molecule has 0 saturated heterocycles. The van der Waals surface area contributed by atoms with Gasteiger partial charge in [-0.3, -0.25) is 4.99 Å². The summed E-state index contributed by atoms with van der Waals surface area (Å²) in [6.45, 7) is 4.28. The minimum Gasteiger partial charge on any atom is -0.494 e. The average molecular weight is 315 g/mol. The fourth-order valence-electron chi connectivity index (χ4n) is 2.26. The van der Waals surface area contributed by atoms with E-state index < -0.39 is 0 Å². The fraction of sp³-hybridized carbons (Fsp3) is 0.389. The molecule has 0 radical (unpaired) electrons. The van der Waals surface area contributed by atoms with Crippen molar-refractivity contribution in [3.05, 3.63) is 54.0 Å². The zero-order valence-electron chi connectivity index (χ0n) is 13.8. The number of benzene rings is 1. The Kier molecular flexibility index (Phi) is 7.04. The number of furan rings is 1. The van der Waals surface area contributed by atoms with E-state index in [-0.39, 0.29) is 0 Å². The summed E-state index contributed by atoms with van der Waals surface area (Å²) < 4.78 is 10.8. The van der Waals surface area contributed by atoms with Crippen LogP contribution in [0.5, 0.6) is 5.75 Å². The maximum Gasteiger partial charge on any atom is 0.191 e. The van der Waals surface area contributed by atoms with Crippen LogP contribution in [0.15, 0.2) is 52.1 Å². The molecule has 5 heteroatoms. The Morgan fingerprint density at radius 2 is 1.96 bits per heavy atom. The third kappa shape index (κ3) is 6.06. The van der Waals surface area contributed by atoms with Gasteiger partial charge in [-0.2, -0.15) is 0 Å². The first-order valence-corrected chi connectivity index (χ1v) is 8.00. The Labute approximate surface area is 137 Å². The minimum absolute atomic E-state index is 0.688. The molecule has 124 valence electrons. The van der Waals surface area contributed by atoms with Gasteiger partial charge in [-0.05, 0) is 43.2 Å². The van der Waals surface area contributed by atoms with Crippen LogP contribution in [0.3, 0.4) is 0 Å². The molecule has 0 unspecified atom stereocenters. The monoisotopic (exact) mass is 315 g/mol. The molecule has 23 heavy (non-hydrogen) atoms. The minimum atomic E-state index is 0.688. The van der Waals surface area contributed by atoms with Crippen molar-refractivity contribution in [3.63, 3.8) is 0 Å². The Balaban J connectivity index is 1.70. The Hall–Kier alpha value is -2.43. The van der Waals surface area contributed by atoms with E-state index >= 15 is 0 Å². The first-order chi connectivity index (χ1) is 11.3. The average Bonchev–Trinajstić information content (AvgIpc) is 3.07. The van der Waals surface area contributed by atoms with E-state index in [0.717, 1.165) is 43.4 Å². The summed E-state index contributed by atoms with van der Waals surface area (Å²) in [4.78, 5) is 4.22. The highest BCUT2D eigenvalue weighted by Crippen LogP contribution is 2.13. The molecule has 2 rings (SSSR count). The molecule has 0 aliphatic heterocycles. The van der Waals surface area contributed by atoms with Crippen molar-refractivity contribution in [3.8, 4) is 5.75 Å². The third-order valence-electron chi connectivity index (χ3n) is 3.38. The zero-order valence-corrected chi connectivity index (χ0v) is 13.8. The number of ether oxygens (including phenoxy) is 1. The van der Waals surface area contributed by atoms with Crippen molar-refractivity contribution in [2.75, 3.05) is 26.7 Å². The quantitative estimate of drug-likeness (QED) is 0.581. The van der Waals surface area contributed by atoms with Gasteiger partial charge < -0.3 is 19.8 Å². The molecule has 1 aromatic carbocycles. The van der Waals surface area contributed by atoms with Gasteiger partial charge in [0.25, 0.3) is 0 Å². The van der Waals surface area contributed by atoms with Crippen LogP contribution in [-0.4, -0.2) is 32.7 Å². The summed E-state index contributed by atoms with van der Waals surface area (Å²) in [5.41, 5.74) is 1.24. The molecule has 0 amide bonds. The first kappa shape index (κ1) is 16.9. The van der Waals surface area contributed by atoms with Gasteiger partial charge in [-0.15, -0.1) is 0 Å². The molecule has 5 nitrogen and oxygen atoms in total. The Bertz CT molecular complexity index is 594. The maximum atomic E-state index is 5.52. The molecule has 0 saturated carbocycles. The van der Waals surface area contributed by atoms with Crippen LogP contribution in [0.25, 0.3) is 0 Å². The topological polar surface area (TPSA) is 58.8 Å². The molecule has 0 atom stereocenters. The lowest BCUT2D eigenvalue weighted by molar-refractivity contribution is 0.340. The summed E-state index contributed by atoms with van der Waals surface area (Å²) in [6.07, 6.45) is 3.45. The predicted octanol–water partition coefficient (Wildman–Crippen LogP) is 2.63. The maximum absolute atomic E-state index is 5.52. The van der Waals surface area contributed by atoms with E-state index in [1.165, 1.54) is 5.56 Å². The van der Waals surface area contributed by atoms with E-state index in [2.05, 4.69) is 27.8 Å². The van der Waals surface area contributed by atoms with E-state index in [9.17, 15) is 0 Å². The molecule has 2 aromatic rings. The third-order valence-corrected chi connectivity index (χ3v) is 3.38. The van der Waals surface area contributed by atoms with Crippen molar-refractivity contribution >= 4 is 5.96 Å². The number of hydrogen-bond donors (Lipinski definition) is 2. The summed E-state index contributed by atoms with van der Waals surface area (Å²) in [6, 6.07) is 12.1. The van der Waals surface area contributed by atoms with E-state index in [1.54, 1.807) is 13.3 Å². The van der Waals surface area contributed by atoms with Crippen LogP contribution in [0, 0.1) is 0 Å². The standard InChI is InChI=1S/C18H25N3O2/c1-3-22-17-7-4-6-15(14-17)9-11-20-18(19-2)21-12-10-16-8-5-13-23-16/h4-8,13-14H,3,9-12H2,1-2H3,(H2,19,20,21). The van der Waals surface area contributed by atoms with Gasteiger partial charge in [0.05, 0.1) is 12.9 Å². The van der Waals surface area contributed by atoms with Crippen LogP contribution in [0.1, 0.15) is 18.2 Å². The second-order valence-electron chi connectivity index (χ2n) is 5.09. The van der Waals surface area contributed by atoms with E-state index in [1.807, 2.05) is 31.2 Å². The number of rotatable bonds is 8. The molecular weight excluding hydrogens is 290 g/mol. The lowest BCUT2D eigenvalue weighted by atomic mass is 10.1. The molecule has 1 aromatic heterocycles. The Morgan fingerprint density at radius 3 is 2.65 bits per heavy atom. The highest BCUT2D eigenvalue weighted by atomic mass is 16.5. The summed E-state index contributed by atoms with van der Waals surface area (Å²) in [5, 5.41) is 6.60. The smallest absolute Gasteiger partial charge is 0.191 e. The van der Waals surface area contributed by atoms with Crippen molar-refractivity contribution in [1.82, 2.24) is 10.6 Å². The number of hydrogen-bond acceptors (Lipinski definition) is 3. The van der Waals surface area contributed by atoms with Gasteiger partial charge in [0, 0.05) is 26.6 Å². The van der Waals surface area contributed by atoms with E-state index in [4.69, 9.17) is 9.15 Å². The van der Waals surface area contributed by atoms with Gasteiger partial charge in [0.15, 0.2) is 5.96 Å². The zero-order chi connectivity index (χ0) is 16.3. The number of guanidine groups is 1. The summed E-state index contributed by atoms with van der Waals surface area (Å²) in [7, 11) is 1.78. The second-order valence-corrected chi connectivity index (χ2v) is 5.09. The lowest BCUT2D eigenvalue weighted by Crippen LogP contribution is -2.39. The fourth-order valence-corrected chi connectivity index (χ4v) is 2.26. The van der Waals surface area contributed by atoms with Crippen molar-refractivity contribution in [2.45, 2.75) is 19.8 Å². The number of nitrogens with one attached hydrogen (secondary N) is 2. The SMILES string of the molecule is CCOc1cccc(CCNC(=NC)NCCc2ccco2)c1. The van der Waals surface area contributed by atoms with Gasteiger partial charge in [0.1, 0.15) is 11.5 Å². The predicted molar refractivity (Wildman–Crippen MR) is 93.1 cm³/mol. The van der Waals surface area contributed by atoms with Crippen LogP contribution in [0.4, 0.5) is 0 Å². The lowest BCUT2D eigenvalue weighted by Gasteiger charge is -2.12. The number of nitrogens with zero attached hydrogens (tertiary/aromatic N) is 1. The molecule has 1 heterocycles. The normalized spacial score (nSPS) is 11.3. The summed E-state index contributed by atoms with van der Waals surface area (Å²) in [5.74, 6) is 2.70. The molecule has 0 fully saturated rings. The molecule has 0 spiro atoms. The van der Waals surface area contributed by atoms with Gasteiger partial charge >= 0.3 is 0 Å². The molecule has 0 aliphatic rings. The molecule has 0 aliphatic carbocycles. The van der Waals surface area contributed by atoms with E-state index in [0.29, 0.717) is 6.61 Å². The van der Waals surface area contributed by atoms with Crippen LogP contribution in [-0.2, 0) is 12.8 Å². The van der Waals surface area contributed by atoms with Gasteiger partial charge in [0.2, 0.25) is 0 Å². The van der Waals surface area contributed by atoms with Crippen molar-refractivity contribution < 1.29 is 9.15 Å². The molecule has 0 bridgehead atoms. The van der Waals surface area contributed by atoms with Crippen molar-refractivity contribution in [2.24, 2.45) is 4.99 Å². The van der Waals surface area contributed by atoms with Crippen LogP contribution >= 0.6 is 0 Å².